The van der Waals surface area contributed by atoms with Gasteiger partial charge in [0.2, 0.25) is 5.95 Å². The zero-order valence-corrected chi connectivity index (χ0v) is 13.6. The lowest BCUT2D eigenvalue weighted by Gasteiger charge is -2.31. The molecule has 0 aliphatic carbocycles. The number of nitrogens with two attached hydrogens (primary N) is 1. The monoisotopic (exact) mass is 338 g/mol. The van der Waals surface area contributed by atoms with E-state index in [0.717, 1.165) is 19.6 Å². The lowest BCUT2D eigenvalue weighted by atomic mass is 10.1. The largest absolute Gasteiger partial charge is 0.382 e. The number of nitrogen functional groups attached to an aromatic ring is 1. The van der Waals surface area contributed by atoms with Crippen molar-refractivity contribution in [2.45, 2.75) is 13.0 Å². The number of nitrogens with one attached hydrogen (secondary N) is 1. The predicted molar refractivity (Wildman–Crippen MR) is 89.4 cm³/mol. The molecule has 1 aromatic carbocycles. The maximum atomic E-state index is 6.21. The molecule has 1 saturated heterocycles. The first-order chi connectivity index (χ1) is 10.6. The van der Waals surface area contributed by atoms with Gasteiger partial charge in [0.1, 0.15) is 5.69 Å². The molecule has 22 heavy (non-hydrogen) atoms. The molecule has 0 amide bonds. The molecule has 1 fully saturated rings. The van der Waals surface area contributed by atoms with Gasteiger partial charge in [-0.3, -0.25) is 0 Å². The summed E-state index contributed by atoms with van der Waals surface area (Å²) in [7, 11) is 0. The average molecular weight is 339 g/mol. The van der Waals surface area contributed by atoms with Crippen molar-refractivity contribution >= 4 is 35.0 Å². The molecule has 1 atom stereocenters. The van der Waals surface area contributed by atoms with E-state index in [1.807, 2.05) is 0 Å². The lowest BCUT2D eigenvalue weighted by Crippen LogP contribution is -2.50. The summed E-state index contributed by atoms with van der Waals surface area (Å²) in [6, 6.07) is 5.67. The van der Waals surface area contributed by atoms with E-state index in [-0.39, 0.29) is 0 Å². The maximum absolute atomic E-state index is 6.21. The summed E-state index contributed by atoms with van der Waals surface area (Å²) >= 11 is 12.2. The summed E-state index contributed by atoms with van der Waals surface area (Å²) in [5, 5.41) is 12.6. The fourth-order valence-corrected chi connectivity index (χ4v) is 2.85. The molecule has 2 heterocycles. The van der Waals surface area contributed by atoms with E-state index in [1.165, 1.54) is 0 Å². The molecule has 116 valence electrons. The van der Waals surface area contributed by atoms with Gasteiger partial charge >= 0.3 is 0 Å². The van der Waals surface area contributed by atoms with Crippen LogP contribution < -0.4 is 16.0 Å². The average Bonchev–Trinajstić information content (AvgIpc) is 2.50. The van der Waals surface area contributed by atoms with Crippen LogP contribution in [0.25, 0.3) is 11.3 Å². The lowest BCUT2D eigenvalue weighted by molar-refractivity contribution is 0.478. The highest BCUT2D eigenvalue weighted by atomic mass is 35.5. The molecule has 0 radical (unpaired) electrons. The number of nitrogens with zero attached hydrogens (tertiary/aromatic N) is 4. The molecule has 3 rings (SSSR count). The highest BCUT2D eigenvalue weighted by Gasteiger charge is 2.20. The third-order valence-electron chi connectivity index (χ3n) is 3.56. The number of piperazine rings is 1. The first-order valence-electron chi connectivity index (χ1n) is 6.99. The molecule has 1 aromatic heterocycles. The number of benzene rings is 1. The minimum absolute atomic E-state index is 0.292. The van der Waals surface area contributed by atoms with Crippen LogP contribution in [0.5, 0.6) is 0 Å². The number of hydrogen-bond acceptors (Lipinski definition) is 6. The summed E-state index contributed by atoms with van der Waals surface area (Å²) in [4.78, 5) is 6.44. The van der Waals surface area contributed by atoms with Gasteiger partial charge in [0.15, 0.2) is 5.82 Å². The Hall–Kier alpha value is -1.63. The Bertz CT molecular complexity index is 693. The van der Waals surface area contributed by atoms with Gasteiger partial charge in [-0.25, -0.2) is 0 Å². The maximum Gasteiger partial charge on any atom is 0.247 e. The summed E-state index contributed by atoms with van der Waals surface area (Å²) in [5.74, 6) is 0.827. The zero-order chi connectivity index (χ0) is 15.7. The molecule has 0 bridgehead atoms. The van der Waals surface area contributed by atoms with E-state index in [1.54, 1.807) is 18.2 Å². The minimum atomic E-state index is 0.292. The Labute approximate surface area is 138 Å². The van der Waals surface area contributed by atoms with E-state index in [4.69, 9.17) is 28.9 Å². The topological polar surface area (TPSA) is 80.0 Å². The molecule has 8 heteroatoms. The highest BCUT2D eigenvalue weighted by molar-refractivity contribution is 6.43. The molecule has 1 aliphatic heterocycles. The second-order valence-electron chi connectivity index (χ2n) is 5.25. The van der Waals surface area contributed by atoms with Crippen molar-refractivity contribution in [1.29, 1.82) is 0 Å². The van der Waals surface area contributed by atoms with E-state index >= 15 is 0 Å². The molecule has 0 spiro atoms. The number of anilines is 2. The van der Waals surface area contributed by atoms with Crippen LogP contribution >= 0.6 is 23.2 Å². The second kappa shape index (κ2) is 6.24. The van der Waals surface area contributed by atoms with Crippen LogP contribution in [-0.4, -0.2) is 40.9 Å². The highest BCUT2D eigenvalue weighted by Crippen LogP contribution is 2.34. The fourth-order valence-electron chi connectivity index (χ4n) is 2.46. The van der Waals surface area contributed by atoms with Gasteiger partial charge in [-0.2, -0.15) is 4.98 Å². The molecule has 6 nitrogen and oxygen atoms in total. The van der Waals surface area contributed by atoms with Crippen molar-refractivity contribution in [3.63, 3.8) is 0 Å². The van der Waals surface area contributed by atoms with Crippen molar-refractivity contribution in [1.82, 2.24) is 20.5 Å². The van der Waals surface area contributed by atoms with Crippen molar-refractivity contribution in [3.8, 4) is 11.3 Å². The Balaban J connectivity index is 1.94. The van der Waals surface area contributed by atoms with Crippen molar-refractivity contribution in [3.05, 3.63) is 28.2 Å². The summed E-state index contributed by atoms with van der Waals surface area (Å²) < 4.78 is 0. The summed E-state index contributed by atoms with van der Waals surface area (Å²) in [5.41, 5.74) is 7.13. The molecular formula is C14H16Cl2N6. The van der Waals surface area contributed by atoms with Crippen molar-refractivity contribution in [2.24, 2.45) is 0 Å². The first kappa shape index (κ1) is 15.3. The van der Waals surface area contributed by atoms with E-state index < -0.39 is 0 Å². The number of rotatable bonds is 2. The van der Waals surface area contributed by atoms with Crippen LogP contribution in [-0.2, 0) is 0 Å². The van der Waals surface area contributed by atoms with Crippen LogP contribution in [0.3, 0.4) is 0 Å². The molecule has 3 N–H and O–H groups in total. The smallest absolute Gasteiger partial charge is 0.247 e. The van der Waals surface area contributed by atoms with Gasteiger partial charge in [0.25, 0.3) is 0 Å². The summed E-state index contributed by atoms with van der Waals surface area (Å²) in [6.45, 7) is 4.64. The number of halogens is 2. The fraction of sp³-hybridized carbons (Fsp3) is 0.357. The molecule has 1 unspecified atom stereocenters. The Morgan fingerprint density at radius 3 is 2.86 bits per heavy atom. The minimum Gasteiger partial charge on any atom is -0.382 e. The van der Waals surface area contributed by atoms with E-state index in [9.17, 15) is 0 Å². The van der Waals surface area contributed by atoms with Gasteiger partial charge in [-0.15, -0.1) is 10.2 Å². The van der Waals surface area contributed by atoms with Crippen molar-refractivity contribution in [2.75, 3.05) is 30.3 Å². The summed E-state index contributed by atoms with van der Waals surface area (Å²) in [6.07, 6.45) is 0. The van der Waals surface area contributed by atoms with Crippen LogP contribution in [0.4, 0.5) is 11.8 Å². The second-order valence-corrected chi connectivity index (χ2v) is 6.03. The van der Waals surface area contributed by atoms with Crippen LogP contribution in [0, 0.1) is 0 Å². The van der Waals surface area contributed by atoms with Crippen LogP contribution in [0.2, 0.25) is 10.0 Å². The van der Waals surface area contributed by atoms with Gasteiger partial charge < -0.3 is 16.0 Å². The van der Waals surface area contributed by atoms with Gasteiger partial charge in [-0.05, 0) is 13.0 Å². The standard InChI is InChI=1S/C14H16Cl2N6/c1-8-7-22(6-5-18-8)14-19-13(17)12(20-21-14)9-3-2-4-10(15)11(9)16/h2-4,8,18H,5-7H2,1H3,(H2,17,19,21). The predicted octanol–water partition coefficient (Wildman–Crippen LogP) is 2.23. The van der Waals surface area contributed by atoms with Crippen LogP contribution in [0.15, 0.2) is 18.2 Å². The first-order valence-corrected chi connectivity index (χ1v) is 7.74. The van der Waals surface area contributed by atoms with E-state index in [2.05, 4.69) is 32.3 Å². The molecule has 1 aliphatic rings. The molecule has 0 saturated carbocycles. The van der Waals surface area contributed by atoms with Gasteiger partial charge in [0.05, 0.1) is 10.0 Å². The van der Waals surface area contributed by atoms with E-state index in [0.29, 0.717) is 39.1 Å². The Morgan fingerprint density at radius 2 is 2.14 bits per heavy atom. The third kappa shape index (κ3) is 2.95. The van der Waals surface area contributed by atoms with Gasteiger partial charge in [0, 0.05) is 31.2 Å². The quantitative estimate of drug-likeness (QED) is 0.873. The SMILES string of the molecule is CC1CN(c2nnc(-c3cccc(Cl)c3Cl)c(N)n2)CCN1. The third-order valence-corrected chi connectivity index (χ3v) is 4.38. The molecular weight excluding hydrogens is 323 g/mol. The zero-order valence-electron chi connectivity index (χ0n) is 12.1. The van der Waals surface area contributed by atoms with Crippen LogP contribution in [0.1, 0.15) is 6.92 Å². The molecule has 2 aromatic rings. The Kier molecular flexibility index (Phi) is 4.33. The number of aromatic nitrogens is 3. The number of hydrogen-bond donors (Lipinski definition) is 2. The Morgan fingerprint density at radius 1 is 1.32 bits per heavy atom. The van der Waals surface area contributed by atoms with Gasteiger partial charge in [-0.1, -0.05) is 35.3 Å². The van der Waals surface area contributed by atoms with Crippen molar-refractivity contribution < 1.29 is 0 Å². The normalized spacial score (nSPS) is 18.5.